The lowest BCUT2D eigenvalue weighted by atomic mass is 9.72. The number of fused-ring (bicyclic) bond motifs is 9. The van der Waals surface area contributed by atoms with Crippen LogP contribution in [0.1, 0.15) is 67.4 Å². The zero-order valence-corrected chi connectivity index (χ0v) is 24.6. The van der Waals surface area contributed by atoms with Crippen molar-refractivity contribution in [3.8, 4) is 0 Å². The van der Waals surface area contributed by atoms with Crippen molar-refractivity contribution in [2.24, 2.45) is 5.92 Å². The average molecular weight is 586 g/mol. The van der Waals surface area contributed by atoms with E-state index in [-0.39, 0.29) is 28.4 Å². The van der Waals surface area contributed by atoms with E-state index < -0.39 is 16.1 Å². The molecule has 0 aromatic heterocycles. The lowest BCUT2D eigenvalue weighted by molar-refractivity contribution is -0.445. The topological polar surface area (TPSA) is 107 Å². The summed E-state index contributed by atoms with van der Waals surface area (Å²) in [6.07, 6.45) is 7.48. The minimum Gasteiger partial charge on any atom is -0.478 e. The standard InChI is InChI=1S/C33H32N2O6S/c1-17-22-16-21(42(38,39)40)5-7-26(22)34-10-8-18-15-29-20(12-23(18)30(17)34)13-24-28(41-29)9-11-35-27-6-4-19(32(36)37)14-25(27)33(2,3)31(24)35/h4-7,12-14,16-18,28-29H,8-11,15H2,1-3H3,(H-,36,37,38,39,40)/p+1/t17-,18-,28-,29+/m1/s1. The second-order valence-electron chi connectivity index (χ2n) is 12.9. The second kappa shape index (κ2) is 8.52. The van der Waals surface area contributed by atoms with Crippen molar-refractivity contribution in [1.82, 2.24) is 0 Å². The lowest BCUT2D eigenvalue weighted by Gasteiger charge is -2.43. The number of benzene rings is 2. The van der Waals surface area contributed by atoms with Crippen molar-refractivity contribution < 1.29 is 32.2 Å². The van der Waals surface area contributed by atoms with E-state index >= 15 is 0 Å². The van der Waals surface area contributed by atoms with E-state index in [0.29, 0.717) is 11.5 Å². The molecule has 0 unspecified atom stereocenters. The van der Waals surface area contributed by atoms with Gasteiger partial charge in [0.15, 0.2) is 12.3 Å². The predicted molar refractivity (Wildman–Crippen MR) is 157 cm³/mol. The highest BCUT2D eigenvalue weighted by Crippen LogP contribution is 2.53. The van der Waals surface area contributed by atoms with Crippen molar-refractivity contribution >= 4 is 33.2 Å². The van der Waals surface area contributed by atoms with Crippen LogP contribution < -0.4 is 4.90 Å². The quantitative estimate of drug-likeness (QED) is 0.362. The van der Waals surface area contributed by atoms with Gasteiger partial charge in [-0.3, -0.25) is 4.55 Å². The number of hydrogen-bond acceptors (Lipinski definition) is 5. The van der Waals surface area contributed by atoms with Gasteiger partial charge in [0.1, 0.15) is 0 Å². The molecule has 1 aliphatic carbocycles. The maximum absolute atomic E-state index is 11.9. The molecule has 5 aliphatic heterocycles. The van der Waals surface area contributed by atoms with Crippen molar-refractivity contribution in [3.63, 3.8) is 0 Å². The molecule has 0 bridgehead atoms. The van der Waals surface area contributed by atoms with Gasteiger partial charge in [-0.25, -0.2) is 4.79 Å². The van der Waals surface area contributed by atoms with Crippen LogP contribution in [0.5, 0.6) is 0 Å². The maximum atomic E-state index is 11.9. The fourth-order valence-corrected chi connectivity index (χ4v) is 8.96. The number of anilines is 1. The van der Waals surface area contributed by atoms with Gasteiger partial charge in [0, 0.05) is 47.5 Å². The number of aromatic carboxylic acids is 1. The number of carbonyl (C=O) groups is 1. The summed E-state index contributed by atoms with van der Waals surface area (Å²) < 4.78 is 42.6. The smallest absolute Gasteiger partial charge is 0.335 e. The number of carboxylic acid groups (broad SMARTS) is 1. The van der Waals surface area contributed by atoms with Gasteiger partial charge in [-0.15, -0.1) is 0 Å². The third kappa shape index (κ3) is 3.50. The minimum atomic E-state index is -4.28. The van der Waals surface area contributed by atoms with Crippen LogP contribution in [0.15, 0.2) is 75.9 Å². The number of ether oxygens (including phenoxy) is 1. The van der Waals surface area contributed by atoms with Crippen LogP contribution in [0.4, 0.5) is 11.4 Å². The molecular formula is C33H33N2O6S+. The van der Waals surface area contributed by atoms with E-state index in [9.17, 15) is 22.9 Å². The average Bonchev–Trinajstić information content (AvgIpc) is 3.37. The molecule has 0 amide bonds. The molecule has 216 valence electrons. The van der Waals surface area contributed by atoms with Crippen molar-refractivity contribution in [2.75, 3.05) is 18.0 Å². The van der Waals surface area contributed by atoms with E-state index in [1.165, 1.54) is 28.6 Å². The Morgan fingerprint density at radius 1 is 1.10 bits per heavy atom. The van der Waals surface area contributed by atoms with Crippen molar-refractivity contribution in [2.45, 2.75) is 68.5 Å². The summed E-state index contributed by atoms with van der Waals surface area (Å²) in [5, 5.41) is 9.64. The molecule has 8 nitrogen and oxygen atoms in total. The first-order chi connectivity index (χ1) is 19.9. The van der Waals surface area contributed by atoms with Gasteiger partial charge in [0.25, 0.3) is 10.1 Å². The van der Waals surface area contributed by atoms with Crippen LogP contribution in [-0.2, 0) is 20.3 Å². The van der Waals surface area contributed by atoms with Gasteiger partial charge >= 0.3 is 5.97 Å². The van der Waals surface area contributed by atoms with Gasteiger partial charge in [-0.05, 0) is 85.7 Å². The molecular weight excluding hydrogens is 552 g/mol. The van der Waals surface area contributed by atoms with E-state index in [1.807, 2.05) is 18.2 Å². The number of carboxylic acids is 1. The second-order valence-corrected chi connectivity index (χ2v) is 14.4. The summed E-state index contributed by atoms with van der Waals surface area (Å²) in [5.74, 6) is -0.545. The van der Waals surface area contributed by atoms with Gasteiger partial charge in [-0.2, -0.15) is 13.0 Å². The Bertz CT molecular complexity index is 1860. The van der Waals surface area contributed by atoms with E-state index in [4.69, 9.17) is 4.74 Å². The van der Waals surface area contributed by atoms with Crippen molar-refractivity contribution in [3.05, 3.63) is 87.7 Å². The first kappa shape index (κ1) is 26.1. The van der Waals surface area contributed by atoms with Crippen LogP contribution in [0.3, 0.4) is 0 Å². The molecule has 2 aromatic rings. The Balaban J connectivity index is 1.23. The lowest BCUT2D eigenvalue weighted by Crippen LogP contribution is -2.45. The zero-order valence-electron chi connectivity index (χ0n) is 23.8. The van der Waals surface area contributed by atoms with E-state index in [0.717, 1.165) is 60.4 Å². The predicted octanol–water partition coefficient (Wildman–Crippen LogP) is 5.33. The monoisotopic (exact) mass is 585 g/mol. The Hall–Kier alpha value is -3.53. The molecule has 6 aliphatic rings. The highest BCUT2D eigenvalue weighted by atomic mass is 32.2. The van der Waals surface area contributed by atoms with Crippen LogP contribution in [0, 0.1) is 5.92 Å². The molecule has 9 heteroatoms. The number of nitrogens with zero attached hydrogens (tertiary/aromatic N) is 2. The highest BCUT2D eigenvalue weighted by Gasteiger charge is 2.53. The summed E-state index contributed by atoms with van der Waals surface area (Å²) in [7, 11) is -4.28. The van der Waals surface area contributed by atoms with Gasteiger partial charge < -0.3 is 14.7 Å². The van der Waals surface area contributed by atoms with Crippen LogP contribution in [0.2, 0.25) is 0 Å². The molecule has 8 rings (SSSR count). The SMILES string of the molecule is C[C@H]1C2=C3C=C4C=C5C6=[N+](CC[C@H]5O[C@H]4C[C@H]3CCN2c2ccc(S(=O)(=O)O)cc21)c1ccc(C(=O)O)cc1C6(C)C. The fourth-order valence-electron chi connectivity index (χ4n) is 8.44. The first-order valence-electron chi connectivity index (χ1n) is 14.7. The minimum absolute atomic E-state index is 0.00375. The maximum Gasteiger partial charge on any atom is 0.335 e. The summed E-state index contributed by atoms with van der Waals surface area (Å²) >= 11 is 0. The highest BCUT2D eigenvalue weighted by molar-refractivity contribution is 7.85. The summed E-state index contributed by atoms with van der Waals surface area (Å²) in [6.45, 7) is 8.17. The largest absolute Gasteiger partial charge is 0.478 e. The molecule has 2 aromatic carbocycles. The van der Waals surface area contributed by atoms with Gasteiger partial charge in [-0.1, -0.05) is 13.0 Å². The molecule has 0 saturated heterocycles. The Kier molecular flexibility index (Phi) is 5.30. The molecule has 0 radical (unpaired) electrons. The third-order valence-electron chi connectivity index (χ3n) is 10.3. The van der Waals surface area contributed by atoms with Crippen LogP contribution in [0.25, 0.3) is 0 Å². The summed E-state index contributed by atoms with van der Waals surface area (Å²) in [4.78, 5) is 14.0. The van der Waals surface area contributed by atoms with Crippen molar-refractivity contribution in [1.29, 1.82) is 0 Å². The van der Waals surface area contributed by atoms with Crippen LogP contribution >= 0.6 is 0 Å². The molecule has 42 heavy (non-hydrogen) atoms. The molecule has 0 saturated carbocycles. The molecule has 4 atom stereocenters. The Labute approximate surface area is 245 Å². The summed E-state index contributed by atoms with van der Waals surface area (Å²) in [5.41, 5.74) is 10.0. The summed E-state index contributed by atoms with van der Waals surface area (Å²) in [6, 6.07) is 10.4. The van der Waals surface area contributed by atoms with Crippen LogP contribution in [-0.4, -0.2) is 59.6 Å². The number of hydrogen-bond donors (Lipinski definition) is 2. The molecule has 0 fully saturated rings. The Morgan fingerprint density at radius 2 is 1.90 bits per heavy atom. The Morgan fingerprint density at radius 3 is 2.67 bits per heavy atom. The number of rotatable bonds is 2. The normalized spacial score (nSPS) is 28.5. The number of allylic oxidation sites excluding steroid dienone is 3. The fraction of sp³-hybridized carbons (Fsp3) is 0.394. The van der Waals surface area contributed by atoms with Gasteiger partial charge in [0.2, 0.25) is 5.69 Å². The molecule has 0 spiro atoms. The van der Waals surface area contributed by atoms with Gasteiger partial charge in [0.05, 0.1) is 28.1 Å². The van der Waals surface area contributed by atoms with E-state index in [1.54, 1.807) is 12.1 Å². The molecule has 2 N–H and O–H groups in total. The third-order valence-corrected chi connectivity index (χ3v) is 11.2. The van der Waals surface area contributed by atoms with E-state index in [2.05, 4.69) is 42.4 Å². The first-order valence-corrected chi connectivity index (χ1v) is 16.1. The molecule has 5 heterocycles. The zero-order chi connectivity index (χ0) is 29.3.